The monoisotopic (exact) mass is 249 g/mol. The lowest BCUT2D eigenvalue weighted by Gasteiger charge is -2.14. The van der Waals surface area contributed by atoms with E-state index in [1.807, 2.05) is 0 Å². The lowest BCUT2D eigenvalue weighted by molar-refractivity contribution is 0.383. The van der Waals surface area contributed by atoms with Gasteiger partial charge in [0.05, 0.1) is 6.20 Å². The van der Waals surface area contributed by atoms with Crippen molar-refractivity contribution in [3.8, 4) is 11.1 Å². The molecule has 14 heavy (non-hydrogen) atoms. The standard InChI is InChI=1S/C11H8BrNO/c12-8-2-3-9-7(5-8)1-4-11-10(9)6-13-14-11/h2-3,5-6H,1,4H2. The smallest absolute Gasteiger partial charge is 0.144 e. The first-order chi connectivity index (χ1) is 6.84. The highest BCUT2D eigenvalue weighted by molar-refractivity contribution is 9.10. The number of halogens is 1. The molecule has 1 aromatic heterocycles. The quantitative estimate of drug-likeness (QED) is 0.717. The van der Waals surface area contributed by atoms with Crippen molar-refractivity contribution in [3.63, 3.8) is 0 Å². The van der Waals surface area contributed by atoms with E-state index in [0.29, 0.717) is 0 Å². The van der Waals surface area contributed by atoms with Crippen molar-refractivity contribution in [2.45, 2.75) is 12.8 Å². The first-order valence-electron chi connectivity index (χ1n) is 4.57. The van der Waals surface area contributed by atoms with Crippen LogP contribution in [0.4, 0.5) is 0 Å². The number of nitrogens with zero attached hydrogens (tertiary/aromatic N) is 1. The summed E-state index contributed by atoms with van der Waals surface area (Å²) in [5.74, 6) is 1.01. The topological polar surface area (TPSA) is 26.0 Å². The Kier molecular flexibility index (Phi) is 1.74. The number of hydrogen-bond acceptors (Lipinski definition) is 2. The Bertz CT molecular complexity index is 490. The number of hydrogen-bond donors (Lipinski definition) is 0. The van der Waals surface area contributed by atoms with E-state index in [-0.39, 0.29) is 0 Å². The fourth-order valence-corrected chi connectivity index (χ4v) is 2.35. The number of aromatic nitrogens is 1. The molecule has 1 aliphatic rings. The van der Waals surface area contributed by atoms with Gasteiger partial charge < -0.3 is 4.52 Å². The number of rotatable bonds is 0. The van der Waals surface area contributed by atoms with Gasteiger partial charge in [0.15, 0.2) is 0 Å². The van der Waals surface area contributed by atoms with Crippen LogP contribution in [0.2, 0.25) is 0 Å². The minimum Gasteiger partial charge on any atom is -0.361 e. The summed E-state index contributed by atoms with van der Waals surface area (Å²) >= 11 is 3.48. The third kappa shape index (κ3) is 1.12. The van der Waals surface area contributed by atoms with E-state index in [0.717, 1.165) is 28.6 Å². The van der Waals surface area contributed by atoms with Gasteiger partial charge in [-0.15, -0.1) is 0 Å². The highest BCUT2D eigenvalue weighted by atomic mass is 79.9. The molecule has 0 spiro atoms. The highest BCUT2D eigenvalue weighted by Gasteiger charge is 2.19. The second-order valence-corrected chi connectivity index (χ2v) is 4.38. The maximum absolute atomic E-state index is 5.18. The fraction of sp³-hybridized carbons (Fsp3) is 0.182. The van der Waals surface area contributed by atoms with Gasteiger partial charge in [-0.1, -0.05) is 27.2 Å². The molecule has 0 atom stereocenters. The molecule has 0 saturated carbocycles. The van der Waals surface area contributed by atoms with Crippen LogP contribution in [0, 0.1) is 0 Å². The van der Waals surface area contributed by atoms with Crippen molar-refractivity contribution in [1.29, 1.82) is 0 Å². The van der Waals surface area contributed by atoms with Crippen LogP contribution < -0.4 is 0 Å². The van der Waals surface area contributed by atoms with Gasteiger partial charge in [-0.2, -0.15) is 0 Å². The summed E-state index contributed by atoms with van der Waals surface area (Å²) in [6.45, 7) is 0. The van der Waals surface area contributed by atoms with Gasteiger partial charge in [0.2, 0.25) is 0 Å². The van der Waals surface area contributed by atoms with Crippen LogP contribution in [0.15, 0.2) is 33.4 Å². The van der Waals surface area contributed by atoms with Crippen LogP contribution in [0.5, 0.6) is 0 Å². The number of fused-ring (bicyclic) bond motifs is 3. The molecule has 0 N–H and O–H groups in total. The second kappa shape index (κ2) is 2.95. The van der Waals surface area contributed by atoms with Crippen LogP contribution in [0.3, 0.4) is 0 Å². The molecule has 2 nitrogen and oxygen atoms in total. The maximum Gasteiger partial charge on any atom is 0.144 e. The lowest BCUT2D eigenvalue weighted by atomic mass is 9.91. The predicted octanol–water partition coefficient (Wildman–Crippen LogP) is 3.20. The Morgan fingerprint density at radius 2 is 2.14 bits per heavy atom. The Hall–Kier alpha value is -1.09. The average molecular weight is 250 g/mol. The molecular formula is C11H8BrNO. The normalized spacial score (nSPS) is 13.5. The van der Waals surface area contributed by atoms with E-state index < -0.39 is 0 Å². The lowest BCUT2D eigenvalue weighted by Crippen LogP contribution is -2.01. The second-order valence-electron chi connectivity index (χ2n) is 3.46. The molecule has 3 rings (SSSR count). The van der Waals surface area contributed by atoms with E-state index in [1.165, 1.54) is 11.1 Å². The van der Waals surface area contributed by atoms with Crippen molar-refractivity contribution < 1.29 is 4.52 Å². The van der Waals surface area contributed by atoms with Crippen molar-refractivity contribution in [1.82, 2.24) is 5.16 Å². The highest BCUT2D eigenvalue weighted by Crippen LogP contribution is 2.34. The third-order valence-corrected chi connectivity index (χ3v) is 3.12. The summed E-state index contributed by atoms with van der Waals surface area (Å²) in [5, 5.41) is 3.84. The molecule has 0 fully saturated rings. The Labute approximate surface area is 90.0 Å². The van der Waals surface area contributed by atoms with Gasteiger partial charge in [0, 0.05) is 16.5 Å². The molecular weight excluding hydrogens is 242 g/mol. The molecule has 0 amide bonds. The summed E-state index contributed by atoms with van der Waals surface area (Å²) in [6, 6.07) is 6.35. The van der Waals surface area contributed by atoms with Crippen molar-refractivity contribution >= 4 is 15.9 Å². The molecule has 1 aliphatic carbocycles. The van der Waals surface area contributed by atoms with Crippen LogP contribution in [-0.2, 0) is 12.8 Å². The average Bonchev–Trinajstić information content (AvgIpc) is 2.65. The van der Waals surface area contributed by atoms with Crippen LogP contribution >= 0.6 is 15.9 Å². The summed E-state index contributed by atoms with van der Waals surface area (Å²) in [6.07, 6.45) is 3.80. The molecule has 0 bridgehead atoms. The Morgan fingerprint density at radius 1 is 1.21 bits per heavy atom. The van der Waals surface area contributed by atoms with Gasteiger partial charge in [-0.25, -0.2) is 0 Å². The minimum atomic E-state index is 0.957. The van der Waals surface area contributed by atoms with E-state index in [9.17, 15) is 0 Å². The van der Waals surface area contributed by atoms with Crippen molar-refractivity contribution in [2.24, 2.45) is 0 Å². The molecule has 1 heterocycles. The number of benzene rings is 1. The molecule has 1 aromatic carbocycles. The summed E-state index contributed by atoms with van der Waals surface area (Å²) in [7, 11) is 0. The van der Waals surface area contributed by atoms with Gasteiger partial charge in [-0.05, 0) is 29.7 Å². The minimum absolute atomic E-state index is 0.957. The third-order valence-electron chi connectivity index (χ3n) is 2.62. The molecule has 0 aliphatic heterocycles. The van der Waals surface area contributed by atoms with Crippen molar-refractivity contribution in [2.75, 3.05) is 0 Å². The zero-order chi connectivity index (χ0) is 9.54. The molecule has 3 heteroatoms. The number of aryl methyl sites for hydroxylation is 2. The van der Waals surface area contributed by atoms with Gasteiger partial charge in [0.1, 0.15) is 5.76 Å². The molecule has 0 unspecified atom stereocenters. The van der Waals surface area contributed by atoms with Crippen LogP contribution in [-0.4, -0.2) is 5.16 Å². The molecule has 0 saturated heterocycles. The largest absolute Gasteiger partial charge is 0.361 e. The maximum atomic E-state index is 5.18. The Morgan fingerprint density at radius 3 is 3.07 bits per heavy atom. The molecule has 0 radical (unpaired) electrons. The first kappa shape index (κ1) is 8.24. The van der Waals surface area contributed by atoms with E-state index in [2.05, 4.69) is 39.3 Å². The van der Waals surface area contributed by atoms with E-state index in [4.69, 9.17) is 4.52 Å². The summed E-state index contributed by atoms with van der Waals surface area (Å²) in [5.41, 5.74) is 3.78. The van der Waals surface area contributed by atoms with E-state index >= 15 is 0 Å². The first-order valence-corrected chi connectivity index (χ1v) is 5.36. The SMILES string of the molecule is Brc1ccc2c(c1)CCc1oncc1-2. The summed E-state index contributed by atoms with van der Waals surface area (Å²) < 4.78 is 6.32. The van der Waals surface area contributed by atoms with Crippen LogP contribution in [0.1, 0.15) is 11.3 Å². The van der Waals surface area contributed by atoms with Crippen molar-refractivity contribution in [3.05, 3.63) is 40.2 Å². The zero-order valence-electron chi connectivity index (χ0n) is 7.46. The molecule has 70 valence electrons. The van der Waals surface area contributed by atoms with Gasteiger partial charge >= 0.3 is 0 Å². The zero-order valence-corrected chi connectivity index (χ0v) is 9.04. The fourth-order valence-electron chi connectivity index (χ4n) is 1.94. The van der Waals surface area contributed by atoms with Gasteiger partial charge in [0.25, 0.3) is 0 Å². The van der Waals surface area contributed by atoms with E-state index in [1.54, 1.807) is 6.20 Å². The van der Waals surface area contributed by atoms with Crippen LogP contribution in [0.25, 0.3) is 11.1 Å². The molecule has 2 aromatic rings. The Balaban J connectivity index is 2.26. The summed E-state index contributed by atoms with van der Waals surface area (Å²) in [4.78, 5) is 0. The predicted molar refractivity (Wildman–Crippen MR) is 57.0 cm³/mol. The van der Waals surface area contributed by atoms with Gasteiger partial charge in [-0.3, -0.25) is 0 Å².